The second-order valence-corrected chi connectivity index (χ2v) is 3.63. The van der Waals surface area contributed by atoms with Gasteiger partial charge in [-0.1, -0.05) is 0 Å². The van der Waals surface area contributed by atoms with Gasteiger partial charge in [0.05, 0.1) is 5.69 Å². The number of rotatable bonds is 3. The van der Waals surface area contributed by atoms with Crippen LogP contribution in [0, 0.1) is 0 Å². The molecule has 2 aromatic rings. The van der Waals surface area contributed by atoms with E-state index in [0.29, 0.717) is 17.1 Å². The molecule has 0 atom stereocenters. The molecule has 1 N–H and O–H groups in total. The van der Waals surface area contributed by atoms with E-state index in [4.69, 9.17) is 0 Å². The van der Waals surface area contributed by atoms with E-state index in [1.807, 2.05) is 0 Å². The van der Waals surface area contributed by atoms with Gasteiger partial charge >= 0.3 is 6.36 Å². The molecule has 4 nitrogen and oxygen atoms in total. The van der Waals surface area contributed by atoms with Gasteiger partial charge in [-0.15, -0.1) is 23.4 Å². The van der Waals surface area contributed by atoms with Crippen LogP contribution >= 0.6 is 0 Å². The van der Waals surface area contributed by atoms with Crippen molar-refractivity contribution < 1.29 is 17.9 Å². The maximum atomic E-state index is 12.0. The molecule has 0 saturated heterocycles. The zero-order chi connectivity index (χ0) is 13.9. The van der Waals surface area contributed by atoms with Crippen molar-refractivity contribution in [3.8, 4) is 17.0 Å². The van der Waals surface area contributed by atoms with Crippen molar-refractivity contribution in [2.45, 2.75) is 6.36 Å². The molecule has 100 valence electrons. The van der Waals surface area contributed by atoms with Crippen molar-refractivity contribution in [3.05, 3.63) is 36.4 Å². The quantitative estimate of drug-likeness (QED) is 0.930. The van der Waals surface area contributed by atoms with Gasteiger partial charge in [0, 0.05) is 12.6 Å². The van der Waals surface area contributed by atoms with E-state index < -0.39 is 6.36 Å². The Kier molecular flexibility index (Phi) is 3.55. The highest BCUT2D eigenvalue weighted by Crippen LogP contribution is 2.25. The zero-order valence-corrected chi connectivity index (χ0v) is 9.90. The van der Waals surface area contributed by atoms with Gasteiger partial charge < -0.3 is 10.1 Å². The van der Waals surface area contributed by atoms with E-state index in [-0.39, 0.29) is 5.75 Å². The topological polar surface area (TPSA) is 47.0 Å². The molecule has 19 heavy (non-hydrogen) atoms. The number of benzene rings is 1. The first kappa shape index (κ1) is 13.1. The van der Waals surface area contributed by atoms with Gasteiger partial charge in [0.15, 0.2) is 0 Å². The summed E-state index contributed by atoms with van der Waals surface area (Å²) in [5.41, 5.74) is 1.22. The number of anilines is 1. The zero-order valence-electron chi connectivity index (χ0n) is 9.90. The molecule has 0 radical (unpaired) electrons. The molecule has 0 unspecified atom stereocenters. The Hall–Kier alpha value is -2.31. The van der Waals surface area contributed by atoms with Crippen LogP contribution in [-0.2, 0) is 0 Å². The third-order valence-electron chi connectivity index (χ3n) is 2.30. The van der Waals surface area contributed by atoms with Gasteiger partial charge in [-0.3, -0.25) is 0 Å². The lowest BCUT2D eigenvalue weighted by atomic mass is 10.1. The number of alkyl halides is 3. The lowest BCUT2D eigenvalue weighted by molar-refractivity contribution is -0.274. The summed E-state index contributed by atoms with van der Waals surface area (Å²) in [6.45, 7) is 0. The summed E-state index contributed by atoms with van der Waals surface area (Å²) in [5.74, 6) is 0.344. The predicted molar refractivity (Wildman–Crippen MR) is 63.7 cm³/mol. The van der Waals surface area contributed by atoms with Gasteiger partial charge in [0.2, 0.25) is 0 Å². The number of nitrogens with zero attached hydrogens (tertiary/aromatic N) is 2. The number of nitrogens with one attached hydrogen (secondary N) is 1. The first-order valence-electron chi connectivity index (χ1n) is 5.35. The minimum Gasteiger partial charge on any atom is -0.406 e. The Morgan fingerprint density at radius 1 is 1.00 bits per heavy atom. The van der Waals surface area contributed by atoms with Gasteiger partial charge in [-0.05, 0) is 36.4 Å². The summed E-state index contributed by atoms with van der Waals surface area (Å²) in [6.07, 6.45) is -4.68. The Morgan fingerprint density at radius 3 is 2.16 bits per heavy atom. The third-order valence-corrected chi connectivity index (χ3v) is 2.30. The Bertz CT molecular complexity index is 538. The molecule has 0 bridgehead atoms. The maximum absolute atomic E-state index is 12.0. The molecular weight excluding hydrogens is 259 g/mol. The minimum atomic E-state index is -4.68. The molecule has 7 heteroatoms. The fourth-order valence-electron chi connectivity index (χ4n) is 1.45. The summed E-state index contributed by atoms with van der Waals surface area (Å²) in [6, 6.07) is 8.89. The number of hydrogen-bond donors (Lipinski definition) is 1. The predicted octanol–water partition coefficient (Wildman–Crippen LogP) is 3.08. The molecule has 0 spiro atoms. The van der Waals surface area contributed by atoms with Crippen LogP contribution in [-0.4, -0.2) is 23.6 Å². The average Bonchev–Trinajstić information content (AvgIpc) is 2.38. The van der Waals surface area contributed by atoms with Crippen LogP contribution in [0.2, 0.25) is 0 Å². The molecule has 0 fully saturated rings. The lowest BCUT2D eigenvalue weighted by Gasteiger charge is -2.09. The van der Waals surface area contributed by atoms with Gasteiger partial charge in [0.1, 0.15) is 11.6 Å². The first-order valence-corrected chi connectivity index (χ1v) is 5.35. The van der Waals surface area contributed by atoms with Crippen molar-refractivity contribution in [1.29, 1.82) is 0 Å². The molecule has 0 aliphatic rings. The Morgan fingerprint density at radius 2 is 1.68 bits per heavy atom. The highest BCUT2D eigenvalue weighted by Gasteiger charge is 2.30. The highest BCUT2D eigenvalue weighted by molar-refractivity contribution is 5.60. The third kappa shape index (κ3) is 3.57. The van der Waals surface area contributed by atoms with Gasteiger partial charge in [-0.2, -0.15) is 0 Å². The van der Waals surface area contributed by atoms with Crippen LogP contribution in [0.25, 0.3) is 11.3 Å². The van der Waals surface area contributed by atoms with Crippen molar-refractivity contribution in [2.75, 3.05) is 12.4 Å². The van der Waals surface area contributed by atoms with E-state index in [1.54, 1.807) is 19.2 Å². The smallest absolute Gasteiger partial charge is 0.406 e. The largest absolute Gasteiger partial charge is 0.573 e. The minimum absolute atomic E-state index is 0.268. The van der Waals surface area contributed by atoms with Crippen LogP contribution in [0.5, 0.6) is 5.75 Å². The second kappa shape index (κ2) is 5.13. The summed E-state index contributed by atoms with van der Waals surface area (Å²) >= 11 is 0. The van der Waals surface area contributed by atoms with Crippen molar-refractivity contribution in [3.63, 3.8) is 0 Å². The fraction of sp³-hybridized carbons (Fsp3) is 0.167. The van der Waals surface area contributed by atoms with E-state index in [0.717, 1.165) is 0 Å². The number of hydrogen-bond acceptors (Lipinski definition) is 4. The van der Waals surface area contributed by atoms with Crippen LogP contribution in [0.3, 0.4) is 0 Å². The highest BCUT2D eigenvalue weighted by atomic mass is 19.4. The Labute approximate surface area is 107 Å². The van der Waals surface area contributed by atoms with Crippen LogP contribution < -0.4 is 10.1 Å². The maximum Gasteiger partial charge on any atom is 0.573 e. The Balaban J connectivity index is 2.17. The standard InChI is InChI=1S/C12H10F3N3O/c1-16-11-7-6-10(17-18-11)8-2-4-9(5-3-8)19-12(13,14)15/h2-7H,1H3,(H,16,18). The first-order chi connectivity index (χ1) is 8.98. The fourth-order valence-corrected chi connectivity index (χ4v) is 1.45. The SMILES string of the molecule is CNc1ccc(-c2ccc(OC(F)(F)F)cc2)nn1. The summed E-state index contributed by atoms with van der Waals surface area (Å²) in [7, 11) is 1.72. The molecule has 1 aromatic heterocycles. The van der Waals surface area contributed by atoms with Gasteiger partial charge in [0.25, 0.3) is 0 Å². The van der Waals surface area contributed by atoms with Gasteiger partial charge in [-0.25, -0.2) is 0 Å². The summed E-state index contributed by atoms with van der Waals surface area (Å²) in [4.78, 5) is 0. The molecule has 0 amide bonds. The molecule has 1 aromatic carbocycles. The molecule has 0 aliphatic heterocycles. The normalized spacial score (nSPS) is 11.2. The molecular formula is C12H10F3N3O. The van der Waals surface area contributed by atoms with E-state index in [1.165, 1.54) is 24.3 Å². The molecule has 1 heterocycles. The monoisotopic (exact) mass is 269 g/mol. The molecule has 0 saturated carbocycles. The van der Waals surface area contributed by atoms with E-state index in [2.05, 4.69) is 20.3 Å². The lowest BCUT2D eigenvalue weighted by Crippen LogP contribution is -2.16. The van der Waals surface area contributed by atoms with Crippen LogP contribution in [0.4, 0.5) is 19.0 Å². The van der Waals surface area contributed by atoms with Crippen molar-refractivity contribution >= 4 is 5.82 Å². The molecule has 2 rings (SSSR count). The summed E-state index contributed by atoms with van der Waals surface area (Å²) < 4.78 is 39.8. The second-order valence-electron chi connectivity index (χ2n) is 3.63. The van der Waals surface area contributed by atoms with E-state index in [9.17, 15) is 13.2 Å². The average molecular weight is 269 g/mol. The van der Waals surface area contributed by atoms with E-state index >= 15 is 0 Å². The van der Waals surface area contributed by atoms with Crippen LogP contribution in [0.1, 0.15) is 0 Å². The number of ether oxygens (including phenoxy) is 1. The number of halogens is 3. The van der Waals surface area contributed by atoms with Crippen molar-refractivity contribution in [1.82, 2.24) is 10.2 Å². The number of aromatic nitrogens is 2. The van der Waals surface area contributed by atoms with Crippen molar-refractivity contribution in [2.24, 2.45) is 0 Å². The summed E-state index contributed by atoms with van der Waals surface area (Å²) in [5, 5.41) is 10.7. The molecule has 0 aliphatic carbocycles. The van der Waals surface area contributed by atoms with Crippen LogP contribution in [0.15, 0.2) is 36.4 Å².